The van der Waals surface area contributed by atoms with Gasteiger partial charge in [0.2, 0.25) is 0 Å². The SMILES string of the molecule is CC(C)CN(CCC#N)c1ccc(C=O)s1. The standard InChI is InChI=1S/C12H16N2OS/c1-10(2)8-14(7-3-6-13)12-5-4-11(9-15)16-12/h4-5,9-10H,3,7-8H2,1-2H3. The Bertz CT molecular complexity index is 379. The van der Waals surface area contributed by atoms with Crippen LogP contribution in [0.4, 0.5) is 5.00 Å². The first-order chi connectivity index (χ1) is 7.67. The molecular weight excluding hydrogens is 220 g/mol. The zero-order chi connectivity index (χ0) is 12.0. The highest BCUT2D eigenvalue weighted by molar-refractivity contribution is 7.17. The molecule has 0 unspecified atom stereocenters. The molecule has 0 N–H and O–H groups in total. The lowest BCUT2D eigenvalue weighted by atomic mass is 10.2. The van der Waals surface area contributed by atoms with Crippen LogP contribution < -0.4 is 4.90 Å². The molecule has 0 saturated carbocycles. The van der Waals surface area contributed by atoms with Crippen LogP contribution in [0.2, 0.25) is 0 Å². The molecule has 0 aliphatic carbocycles. The lowest BCUT2D eigenvalue weighted by Gasteiger charge is -2.23. The van der Waals surface area contributed by atoms with E-state index in [0.717, 1.165) is 29.3 Å². The predicted octanol–water partition coefficient (Wildman–Crippen LogP) is 2.94. The minimum Gasteiger partial charge on any atom is -0.362 e. The first-order valence-corrected chi connectivity index (χ1v) is 6.16. The summed E-state index contributed by atoms with van der Waals surface area (Å²) in [6.07, 6.45) is 1.38. The molecule has 16 heavy (non-hydrogen) atoms. The number of rotatable bonds is 6. The van der Waals surface area contributed by atoms with Gasteiger partial charge in [-0.15, -0.1) is 11.3 Å². The van der Waals surface area contributed by atoms with Gasteiger partial charge in [0.1, 0.15) is 0 Å². The third kappa shape index (κ3) is 3.67. The molecule has 1 rings (SSSR count). The fraction of sp³-hybridized carbons (Fsp3) is 0.500. The molecule has 1 aromatic rings. The van der Waals surface area contributed by atoms with Crippen molar-refractivity contribution < 1.29 is 4.79 Å². The molecule has 0 atom stereocenters. The quantitative estimate of drug-likeness (QED) is 0.713. The van der Waals surface area contributed by atoms with Gasteiger partial charge in [-0.1, -0.05) is 13.8 Å². The first-order valence-electron chi connectivity index (χ1n) is 5.34. The Morgan fingerprint density at radius 1 is 1.56 bits per heavy atom. The van der Waals surface area contributed by atoms with E-state index in [4.69, 9.17) is 5.26 Å². The molecule has 3 nitrogen and oxygen atoms in total. The fourth-order valence-corrected chi connectivity index (χ4v) is 2.35. The molecule has 0 aliphatic heterocycles. The van der Waals surface area contributed by atoms with Crippen molar-refractivity contribution in [2.45, 2.75) is 20.3 Å². The summed E-state index contributed by atoms with van der Waals surface area (Å²) in [4.78, 5) is 13.5. The third-order valence-electron chi connectivity index (χ3n) is 2.12. The van der Waals surface area contributed by atoms with Crippen LogP contribution in [0, 0.1) is 17.2 Å². The van der Waals surface area contributed by atoms with Crippen molar-refractivity contribution in [2.75, 3.05) is 18.0 Å². The second-order valence-electron chi connectivity index (χ2n) is 4.04. The van der Waals surface area contributed by atoms with E-state index in [0.29, 0.717) is 12.3 Å². The van der Waals surface area contributed by atoms with Crippen molar-refractivity contribution >= 4 is 22.6 Å². The van der Waals surface area contributed by atoms with E-state index in [1.165, 1.54) is 11.3 Å². The number of thiophene rings is 1. The second-order valence-corrected chi connectivity index (χ2v) is 5.14. The number of hydrogen-bond acceptors (Lipinski definition) is 4. The summed E-state index contributed by atoms with van der Waals surface area (Å²) in [6.45, 7) is 5.94. The maximum absolute atomic E-state index is 10.6. The largest absolute Gasteiger partial charge is 0.362 e. The van der Waals surface area contributed by atoms with E-state index in [-0.39, 0.29) is 0 Å². The molecule has 0 bridgehead atoms. The van der Waals surface area contributed by atoms with Crippen LogP contribution in [0.3, 0.4) is 0 Å². The number of carbonyl (C=O) groups is 1. The zero-order valence-electron chi connectivity index (χ0n) is 9.64. The molecule has 0 saturated heterocycles. The average molecular weight is 236 g/mol. The number of nitrogens with zero attached hydrogens (tertiary/aromatic N) is 2. The van der Waals surface area contributed by atoms with Gasteiger partial charge in [0.25, 0.3) is 0 Å². The van der Waals surface area contributed by atoms with Gasteiger partial charge in [-0.25, -0.2) is 0 Å². The molecule has 0 amide bonds. The highest BCUT2D eigenvalue weighted by Crippen LogP contribution is 2.25. The van der Waals surface area contributed by atoms with Crippen LogP contribution in [0.25, 0.3) is 0 Å². The summed E-state index contributed by atoms with van der Waals surface area (Å²) in [7, 11) is 0. The summed E-state index contributed by atoms with van der Waals surface area (Å²) in [5.74, 6) is 0.542. The normalized spacial score (nSPS) is 10.1. The molecule has 4 heteroatoms. The van der Waals surface area contributed by atoms with Gasteiger partial charge in [0.15, 0.2) is 6.29 Å². The second kappa shape index (κ2) is 6.29. The lowest BCUT2D eigenvalue weighted by molar-refractivity contribution is 0.112. The molecule has 86 valence electrons. The molecule has 0 aromatic carbocycles. The van der Waals surface area contributed by atoms with Gasteiger partial charge >= 0.3 is 0 Å². The maximum Gasteiger partial charge on any atom is 0.160 e. The summed E-state index contributed by atoms with van der Waals surface area (Å²) in [5.41, 5.74) is 0. The Morgan fingerprint density at radius 3 is 2.81 bits per heavy atom. The monoisotopic (exact) mass is 236 g/mol. The Labute approximate surface area is 100 Å². The summed E-state index contributed by atoms with van der Waals surface area (Å²) < 4.78 is 0. The third-order valence-corrected chi connectivity index (χ3v) is 3.19. The van der Waals surface area contributed by atoms with Crippen molar-refractivity contribution in [3.63, 3.8) is 0 Å². The van der Waals surface area contributed by atoms with Crippen LogP contribution >= 0.6 is 11.3 Å². The van der Waals surface area contributed by atoms with Gasteiger partial charge in [0, 0.05) is 13.1 Å². The Hall–Kier alpha value is -1.34. The van der Waals surface area contributed by atoms with Crippen molar-refractivity contribution in [3.8, 4) is 6.07 Å². The number of aldehydes is 1. The van der Waals surface area contributed by atoms with E-state index in [2.05, 4.69) is 24.8 Å². The van der Waals surface area contributed by atoms with E-state index < -0.39 is 0 Å². The maximum atomic E-state index is 10.6. The molecule has 0 fully saturated rings. The summed E-state index contributed by atoms with van der Waals surface area (Å²) in [6, 6.07) is 5.93. The number of anilines is 1. The van der Waals surface area contributed by atoms with Crippen molar-refractivity contribution in [3.05, 3.63) is 17.0 Å². The molecule has 0 radical (unpaired) electrons. The average Bonchev–Trinajstić information content (AvgIpc) is 2.72. The van der Waals surface area contributed by atoms with Gasteiger partial charge in [-0.3, -0.25) is 4.79 Å². The highest BCUT2D eigenvalue weighted by atomic mass is 32.1. The van der Waals surface area contributed by atoms with Crippen LogP contribution in [0.1, 0.15) is 29.9 Å². The zero-order valence-corrected chi connectivity index (χ0v) is 10.5. The van der Waals surface area contributed by atoms with Gasteiger partial charge in [0.05, 0.1) is 22.4 Å². The number of hydrogen-bond donors (Lipinski definition) is 0. The molecular formula is C12H16N2OS. The number of nitriles is 1. The van der Waals surface area contributed by atoms with Gasteiger partial charge < -0.3 is 4.90 Å². The minimum atomic E-state index is 0.515. The van der Waals surface area contributed by atoms with Crippen molar-refractivity contribution in [1.82, 2.24) is 0 Å². The van der Waals surface area contributed by atoms with E-state index in [1.54, 1.807) is 0 Å². The van der Waals surface area contributed by atoms with Gasteiger partial charge in [-0.05, 0) is 18.1 Å². The van der Waals surface area contributed by atoms with Crippen LogP contribution in [-0.2, 0) is 0 Å². The van der Waals surface area contributed by atoms with Gasteiger partial charge in [-0.2, -0.15) is 5.26 Å². The van der Waals surface area contributed by atoms with Crippen LogP contribution in [-0.4, -0.2) is 19.4 Å². The molecule has 1 heterocycles. The van der Waals surface area contributed by atoms with E-state index >= 15 is 0 Å². The van der Waals surface area contributed by atoms with Crippen molar-refractivity contribution in [2.24, 2.45) is 5.92 Å². The molecule has 0 spiro atoms. The van der Waals surface area contributed by atoms with Crippen molar-refractivity contribution in [1.29, 1.82) is 5.26 Å². The lowest BCUT2D eigenvalue weighted by Crippen LogP contribution is -2.27. The molecule has 0 aliphatic rings. The topological polar surface area (TPSA) is 44.1 Å². The molecule has 1 aromatic heterocycles. The van der Waals surface area contributed by atoms with Crippen LogP contribution in [0.5, 0.6) is 0 Å². The Morgan fingerprint density at radius 2 is 2.31 bits per heavy atom. The minimum absolute atomic E-state index is 0.515. The Kier molecular flexibility index (Phi) is 5.00. The van der Waals surface area contributed by atoms with Crippen LogP contribution in [0.15, 0.2) is 12.1 Å². The predicted molar refractivity (Wildman–Crippen MR) is 67.0 cm³/mol. The van der Waals surface area contributed by atoms with E-state index in [9.17, 15) is 4.79 Å². The first kappa shape index (κ1) is 12.7. The summed E-state index contributed by atoms with van der Waals surface area (Å²) >= 11 is 1.48. The fourth-order valence-electron chi connectivity index (χ4n) is 1.49. The number of carbonyl (C=O) groups excluding carboxylic acids is 1. The highest BCUT2D eigenvalue weighted by Gasteiger charge is 2.10. The van der Waals surface area contributed by atoms with E-state index in [1.807, 2.05) is 12.1 Å². The summed E-state index contributed by atoms with van der Waals surface area (Å²) in [5, 5.41) is 9.69. The Balaban J connectivity index is 2.74. The smallest absolute Gasteiger partial charge is 0.160 e.